The average Bonchev–Trinajstić information content (AvgIpc) is 3.55. The summed E-state index contributed by atoms with van der Waals surface area (Å²) in [6.07, 6.45) is 6.11. The zero-order chi connectivity index (χ0) is 26.5. The second-order valence-electron chi connectivity index (χ2n) is 12.3. The maximum absolute atomic E-state index is 6.45. The summed E-state index contributed by atoms with van der Waals surface area (Å²) in [5.41, 5.74) is 8.30. The van der Waals surface area contributed by atoms with Gasteiger partial charge in [0.25, 0.3) is 0 Å². The molecule has 2 aliphatic rings. The van der Waals surface area contributed by atoms with E-state index in [0.717, 1.165) is 59.6 Å². The lowest BCUT2D eigenvalue weighted by Gasteiger charge is -2.46. The SMILES string of the molecule is CC1(C)c2cccc3c4ccc5cc4c4nc(c(n4c23)C1(C)C)CCCCc1ccn(n1)-c1cccc(c1)O5. The van der Waals surface area contributed by atoms with E-state index in [9.17, 15) is 0 Å². The van der Waals surface area contributed by atoms with Crippen molar-refractivity contribution in [2.24, 2.45) is 0 Å². The van der Waals surface area contributed by atoms with Gasteiger partial charge in [-0.2, -0.15) is 5.10 Å². The van der Waals surface area contributed by atoms with Crippen molar-refractivity contribution in [3.63, 3.8) is 0 Å². The third-order valence-corrected chi connectivity index (χ3v) is 9.62. The standard InChI is InChI=1S/C34H32N4O/c1-33(2)28-13-8-12-26-25-16-15-24-20-27(25)32-35-29(31(34(33,3)4)38(32)30(26)28)14-6-5-9-21-17-18-37(36-21)22-10-7-11-23(19-22)39-24/h7-8,10-13,15-20H,5-6,9,14H2,1-4H3. The van der Waals surface area contributed by atoms with Gasteiger partial charge in [-0.3, -0.25) is 4.40 Å². The summed E-state index contributed by atoms with van der Waals surface area (Å²) in [5.74, 6) is 1.60. The molecular formula is C34H32N4O. The number of benzene rings is 3. The van der Waals surface area contributed by atoms with Crippen molar-refractivity contribution in [3.05, 3.63) is 95.6 Å². The van der Waals surface area contributed by atoms with E-state index in [4.69, 9.17) is 14.8 Å². The lowest BCUT2D eigenvalue weighted by Crippen LogP contribution is -2.44. The fourth-order valence-electron chi connectivity index (χ4n) is 6.89. The number of pyridine rings is 1. The molecule has 3 aromatic carbocycles. The summed E-state index contributed by atoms with van der Waals surface area (Å²) in [4.78, 5) is 5.43. The molecule has 0 N–H and O–H groups in total. The molecule has 0 fully saturated rings. The Balaban J connectivity index is 1.45. The monoisotopic (exact) mass is 512 g/mol. The van der Waals surface area contributed by atoms with Gasteiger partial charge in [-0.25, -0.2) is 9.67 Å². The highest BCUT2D eigenvalue weighted by molar-refractivity contribution is 6.13. The molecule has 3 aromatic heterocycles. The van der Waals surface area contributed by atoms with Crippen molar-refractivity contribution in [2.75, 3.05) is 0 Å². The predicted molar refractivity (Wildman–Crippen MR) is 157 cm³/mol. The molecule has 6 aromatic rings. The molecule has 194 valence electrons. The van der Waals surface area contributed by atoms with Crippen molar-refractivity contribution in [1.82, 2.24) is 19.2 Å². The van der Waals surface area contributed by atoms with Gasteiger partial charge < -0.3 is 4.74 Å². The summed E-state index contributed by atoms with van der Waals surface area (Å²) in [6, 6.07) is 23.6. The summed E-state index contributed by atoms with van der Waals surface area (Å²) in [7, 11) is 0. The Morgan fingerprint density at radius 1 is 0.769 bits per heavy atom. The zero-order valence-electron chi connectivity index (χ0n) is 23.0. The maximum atomic E-state index is 6.45. The van der Waals surface area contributed by atoms with Crippen LogP contribution in [0.4, 0.5) is 0 Å². The number of hydrogen-bond acceptors (Lipinski definition) is 3. The quantitative estimate of drug-likeness (QED) is 0.193. The number of para-hydroxylation sites is 1. The van der Waals surface area contributed by atoms with Crippen molar-refractivity contribution in [1.29, 1.82) is 0 Å². The number of aromatic nitrogens is 4. The van der Waals surface area contributed by atoms with Crippen molar-refractivity contribution >= 4 is 27.3 Å². The fraction of sp³-hybridized carbons (Fsp3) is 0.294. The van der Waals surface area contributed by atoms with Crippen LogP contribution in [0.5, 0.6) is 11.5 Å². The first-order chi connectivity index (χ1) is 18.8. The van der Waals surface area contributed by atoms with Crippen LogP contribution in [0.1, 0.15) is 63.2 Å². The normalized spacial score (nSPS) is 17.4. The molecule has 8 rings (SSSR count). The summed E-state index contributed by atoms with van der Waals surface area (Å²) in [5, 5.41) is 8.49. The van der Waals surface area contributed by atoms with Crippen LogP contribution in [0, 0.1) is 0 Å². The molecular weight excluding hydrogens is 480 g/mol. The zero-order valence-corrected chi connectivity index (χ0v) is 23.0. The number of nitrogens with zero attached hydrogens (tertiary/aromatic N) is 4. The first-order valence-corrected chi connectivity index (χ1v) is 14.1. The number of hydrogen-bond donors (Lipinski definition) is 0. The number of aryl methyl sites for hydroxylation is 2. The Morgan fingerprint density at radius 2 is 1.59 bits per heavy atom. The minimum absolute atomic E-state index is 0.0458. The number of ether oxygens (including phenoxy) is 1. The molecule has 0 radical (unpaired) electrons. The Morgan fingerprint density at radius 3 is 2.49 bits per heavy atom. The van der Waals surface area contributed by atoms with Gasteiger partial charge in [-0.05, 0) is 73.0 Å². The molecule has 0 spiro atoms. The van der Waals surface area contributed by atoms with Crippen LogP contribution in [0.25, 0.3) is 33.0 Å². The van der Waals surface area contributed by atoms with E-state index < -0.39 is 0 Å². The smallest absolute Gasteiger partial charge is 0.145 e. The molecule has 0 aliphatic carbocycles. The van der Waals surface area contributed by atoms with Crippen LogP contribution < -0.4 is 4.74 Å². The Bertz CT molecular complexity index is 1960. The maximum Gasteiger partial charge on any atom is 0.145 e. The molecule has 0 atom stereocenters. The van der Waals surface area contributed by atoms with E-state index >= 15 is 0 Å². The fourth-order valence-corrected chi connectivity index (χ4v) is 6.89. The van der Waals surface area contributed by atoms with Gasteiger partial charge in [0.15, 0.2) is 0 Å². The van der Waals surface area contributed by atoms with Crippen LogP contribution >= 0.6 is 0 Å². The van der Waals surface area contributed by atoms with Crippen LogP contribution in [0.15, 0.2) is 72.9 Å². The lowest BCUT2D eigenvalue weighted by atomic mass is 9.60. The van der Waals surface area contributed by atoms with Crippen LogP contribution in [0.2, 0.25) is 0 Å². The minimum Gasteiger partial charge on any atom is -0.457 e. The van der Waals surface area contributed by atoms with Crippen LogP contribution in [0.3, 0.4) is 0 Å². The van der Waals surface area contributed by atoms with Gasteiger partial charge in [0, 0.05) is 33.9 Å². The highest BCUT2D eigenvalue weighted by Gasteiger charge is 2.47. The average molecular weight is 513 g/mol. The van der Waals surface area contributed by atoms with Crippen LogP contribution in [-0.4, -0.2) is 19.2 Å². The molecule has 8 bridgehead atoms. The van der Waals surface area contributed by atoms with Crippen molar-refractivity contribution in [3.8, 4) is 17.2 Å². The van der Waals surface area contributed by atoms with E-state index in [1.807, 2.05) is 23.0 Å². The van der Waals surface area contributed by atoms with E-state index in [1.54, 1.807) is 0 Å². The van der Waals surface area contributed by atoms with Crippen molar-refractivity contribution < 1.29 is 4.74 Å². The van der Waals surface area contributed by atoms with Gasteiger partial charge in [-0.15, -0.1) is 0 Å². The lowest BCUT2D eigenvalue weighted by molar-refractivity contribution is 0.286. The largest absolute Gasteiger partial charge is 0.457 e. The summed E-state index contributed by atoms with van der Waals surface area (Å²) >= 11 is 0. The molecule has 5 heteroatoms. The Kier molecular flexibility index (Phi) is 4.52. The molecule has 5 nitrogen and oxygen atoms in total. The number of imidazole rings is 1. The highest BCUT2D eigenvalue weighted by Crippen LogP contribution is 2.52. The molecule has 5 heterocycles. The third kappa shape index (κ3) is 3.07. The van der Waals surface area contributed by atoms with Gasteiger partial charge >= 0.3 is 0 Å². The van der Waals surface area contributed by atoms with Crippen LogP contribution in [-0.2, 0) is 23.7 Å². The Hall–Kier alpha value is -4.12. The molecule has 39 heavy (non-hydrogen) atoms. The molecule has 0 saturated carbocycles. The topological polar surface area (TPSA) is 44.4 Å². The van der Waals surface area contributed by atoms with Crippen molar-refractivity contribution in [2.45, 2.75) is 64.2 Å². The molecule has 2 aliphatic heterocycles. The third-order valence-electron chi connectivity index (χ3n) is 9.62. The first kappa shape index (κ1) is 22.8. The van der Waals surface area contributed by atoms with E-state index in [-0.39, 0.29) is 10.8 Å². The Labute approximate surface area is 228 Å². The van der Waals surface area contributed by atoms with E-state index in [1.165, 1.54) is 33.2 Å². The molecule has 0 unspecified atom stereocenters. The van der Waals surface area contributed by atoms with E-state index in [2.05, 4.69) is 86.7 Å². The predicted octanol–water partition coefficient (Wildman–Crippen LogP) is 8.07. The van der Waals surface area contributed by atoms with Gasteiger partial charge in [0.2, 0.25) is 0 Å². The number of fused-ring (bicyclic) bond motifs is 9. The van der Waals surface area contributed by atoms with Gasteiger partial charge in [0.05, 0.1) is 28.3 Å². The molecule has 0 amide bonds. The van der Waals surface area contributed by atoms with Gasteiger partial charge in [-0.1, -0.05) is 52.0 Å². The summed E-state index contributed by atoms with van der Waals surface area (Å²) < 4.78 is 10.9. The first-order valence-electron chi connectivity index (χ1n) is 14.1. The molecule has 0 saturated heterocycles. The summed E-state index contributed by atoms with van der Waals surface area (Å²) in [6.45, 7) is 9.60. The van der Waals surface area contributed by atoms with Gasteiger partial charge in [0.1, 0.15) is 17.1 Å². The minimum atomic E-state index is -0.0924. The van der Waals surface area contributed by atoms with E-state index in [0.29, 0.717) is 0 Å². The number of rotatable bonds is 0. The second kappa shape index (κ2) is 7.72. The highest BCUT2D eigenvalue weighted by atomic mass is 16.5. The second-order valence-corrected chi connectivity index (χ2v) is 12.3.